The van der Waals surface area contributed by atoms with Crippen LogP contribution in [0.4, 0.5) is 13.2 Å². The minimum absolute atomic E-state index is 0.0222. The highest BCUT2D eigenvalue weighted by Crippen LogP contribution is 2.34. The molecule has 2 unspecified atom stereocenters. The van der Waals surface area contributed by atoms with Gasteiger partial charge in [0.2, 0.25) is 10.0 Å². The Morgan fingerprint density at radius 2 is 1.96 bits per heavy atom. The average Bonchev–Trinajstić information content (AvgIpc) is 3.18. The first kappa shape index (κ1) is 17.2. The molecule has 138 valence electrons. The number of hydrogen-bond acceptors (Lipinski definition) is 5. The third-order valence-corrected chi connectivity index (χ3v) is 6.04. The number of nitrogens with one attached hydrogen (secondary N) is 1. The summed E-state index contributed by atoms with van der Waals surface area (Å²) >= 11 is 0. The number of H-pyrrole nitrogens is 1. The molecule has 0 bridgehead atoms. The predicted octanol–water partition coefficient (Wildman–Crippen LogP) is 2.12. The molecule has 1 aromatic carbocycles. The van der Waals surface area contributed by atoms with E-state index in [1.54, 1.807) is 6.92 Å². The summed E-state index contributed by atoms with van der Waals surface area (Å²) in [6.45, 7) is 1.65. The Bertz CT molecular complexity index is 982. The van der Waals surface area contributed by atoms with Crippen LogP contribution < -0.4 is 0 Å². The van der Waals surface area contributed by atoms with Gasteiger partial charge in [0.05, 0.1) is 22.3 Å². The summed E-state index contributed by atoms with van der Waals surface area (Å²) in [5, 5.41) is 6.69. The highest BCUT2D eigenvalue weighted by Gasteiger charge is 2.45. The van der Waals surface area contributed by atoms with Gasteiger partial charge in [0.25, 0.3) is 0 Å². The van der Waals surface area contributed by atoms with Crippen molar-refractivity contribution in [2.45, 2.75) is 37.0 Å². The van der Waals surface area contributed by atoms with Crippen molar-refractivity contribution in [2.75, 3.05) is 0 Å². The largest absolute Gasteiger partial charge is 0.416 e. The van der Waals surface area contributed by atoms with Crippen LogP contribution in [-0.2, 0) is 27.5 Å². The summed E-state index contributed by atoms with van der Waals surface area (Å²) in [6, 6.07) is 3.37. The molecule has 0 saturated heterocycles. The molecular weight excluding hydrogens is 373 g/mol. The zero-order valence-electron chi connectivity index (χ0n) is 13.4. The number of aromatic nitrogens is 2. The first-order chi connectivity index (χ1) is 12.2. The molecule has 7 nitrogen and oxygen atoms in total. The van der Waals surface area contributed by atoms with Crippen LogP contribution in [0.5, 0.6) is 0 Å². The summed E-state index contributed by atoms with van der Waals surface area (Å²) in [5.74, 6) is 0. The van der Waals surface area contributed by atoms with Crippen LogP contribution in [0.25, 0.3) is 0 Å². The second kappa shape index (κ2) is 5.63. The Morgan fingerprint density at radius 1 is 1.27 bits per heavy atom. The van der Waals surface area contributed by atoms with E-state index >= 15 is 0 Å². The number of sulfonamides is 1. The number of aliphatic imine (C=N–C) groups is 1. The lowest BCUT2D eigenvalue weighted by Gasteiger charge is -2.31. The van der Waals surface area contributed by atoms with Gasteiger partial charge >= 0.3 is 6.18 Å². The highest BCUT2D eigenvalue weighted by atomic mass is 32.2. The van der Waals surface area contributed by atoms with Crippen molar-refractivity contribution in [1.82, 2.24) is 14.5 Å². The van der Waals surface area contributed by atoms with E-state index < -0.39 is 34.2 Å². The number of nitrogens with zero attached hydrogens (tertiary/aromatic N) is 3. The Balaban J connectivity index is 1.74. The lowest BCUT2D eigenvalue weighted by atomic mass is 10.1. The molecule has 4 rings (SSSR count). The zero-order valence-corrected chi connectivity index (χ0v) is 14.2. The van der Waals surface area contributed by atoms with Gasteiger partial charge in [-0.2, -0.15) is 22.6 Å². The molecule has 3 heterocycles. The Morgan fingerprint density at radius 3 is 2.62 bits per heavy atom. The molecule has 0 radical (unpaired) electrons. The van der Waals surface area contributed by atoms with E-state index in [0.717, 1.165) is 28.6 Å². The fourth-order valence-corrected chi connectivity index (χ4v) is 4.46. The Hall–Kier alpha value is -2.24. The fraction of sp³-hybridized carbons (Fsp3) is 0.333. The number of ether oxygens (including phenoxy) is 1. The van der Waals surface area contributed by atoms with Crippen LogP contribution >= 0.6 is 0 Å². The minimum atomic E-state index is -4.54. The van der Waals surface area contributed by atoms with Crippen molar-refractivity contribution in [2.24, 2.45) is 4.99 Å². The lowest BCUT2D eigenvalue weighted by Crippen LogP contribution is -2.47. The molecule has 0 saturated carbocycles. The summed E-state index contributed by atoms with van der Waals surface area (Å²) < 4.78 is 70.8. The third-order valence-electron chi connectivity index (χ3n) is 4.23. The van der Waals surface area contributed by atoms with Crippen molar-refractivity contribution in [3.05, 3.63) is 47.3 Å². The minimum Gasteiger partial charge on any atom is -0.332 e. The topological polar surface area (TPSA) is 87.7 Å². The van der Waals surface area contributed by atoms with E-state index in [-0.39, 0.29) is 11.4 Å². The molecule has 2 aromatic rings. The number of alkyl halides is 3. The van der Waals surface area contributed by atoms with Gasteiger partial charge in [-0.05, 0) is 31.2 Å². The average molecular weight is 386 g/mol. The standard InChI is InChI=1S/C15H13F3N4O3S/c1-8-20-13-12-9(6-19-21-12)7-22(14(13)25-8)26(23,24)11-4-2-10(3-5-11)15(16,17)18/h2-6,8,14H,7H2,1H3,(H,19,21). The number of halogens is 3. The Kier molecular flexibility index (Phi) is 3.72. The van der Waals surface area contributed by atoms with Gasteiger partial charge in [-0.1, -0.05) is 0 Å². The van der Waals surface area contributed by atoms with Crippen LogP contribution in [0.15, 0.2) is 40.4 Å². The molecule has 2 aliphatic rings. The van der Waals surface area contributed by atoms with Crippen LogP contribution in [0.3, 0.4) is 0 Å². The second-order valence-electron chi connectivity index (χ2n) is 5.94. The van der Waals surface area contributed by atoms with Crippen LogP contribution in [0.1, 0.15) is 23.7 Å². The molecule has 1 N–H and O–H groups in total. The van der Waals surface area contributed by atoms with Crippen molar-refractivity contribution in [3.8, 4) is 0 Å². The van der Waals surface area contributed by atoms with E-state index in [1.807, 2.05) is 0 Å². The maximum Gasteiger partial charge on any atom is 0.416 e. The van der Waals surface area contributed by atoms with Gasteiger partial charge in [-0.3, -0.25) is 10.1 Å². The molecule has 11 heteroatoms. The monoisotopic (exact) mass is 386 g/mol. The lowest BCUT2D eigenvalue weighted by molar-refractivity contribution is -0.137. The summed E-state index contributed by atoms with van der Waals surface area (Å²) in [5.41, 5.74) is 0.721. The van der Waals surface area contributed by atoms with Gasteiger partial charge in [-0.25, -0.2) is 8.42 Å². The van der Waals surface area contributed by atoms with Crippen LogP contribution in [-0.4, -0.2) is 41.1 Å². The number of hydrogen-bond donors (Lipinski definition) is 1. The van der Waals surface area contributed by atoms with Gasteiger partial charge < -0.3 is 4.74 Å². The molecule has 0 spiro atoms. The highest BCUT2D eigenvalue weighted by molar-refractivity contribution is 7.89. The van der Waals surface area contributed by atoms with E-state index in [1.165, 1.54) is 6.20 Å². The molecule has 1 aromatic heterocycles. The van der Waals surface area contributed by atoms with Crippen molar-refractivity contribution in [3.63, 3.8) is 0 Å². The van der Waals surface area contributed by atoms with Gasteiger partial charge in [0.1, 0.15) is 11.9 Å². The first-order valence-electron chi connectivity index (χ1n) is 7.63. The molecular formula is C15H13F3N4O3S. The maximum absolute atomic E-state index is 13.0. The third kappa shape index (κ3) is 2.63. The van der Waals surface area contributed by atoms with Crippen LogP contribution in [0.2, 0.25) is 0 Å². The van der Waals surface area contributed by atoms with Crippen molar-refractivity contribution >= 4 is 15.7 Å². The van der Waals surface area contributed by atoms with Gasteiger partial charge in [0.15, 0.2) is 6.23 Å². The molecule has 0 fully saturated rings. The fourth-order valence-electron chi connectivity index (χ4n) is 3.00. The molecule has 2 atom stereocenters. The zero-order chi connectivity index (χ0) is 18.7. The van der Waals surface area contributed by atoms with E-state index in [9.17, 15) is 21.6 Å². The quantitative estimate of drug-likeness (QED) is 0.857. The molecule has 26 heavy (non-hydrogen) atoms. The number of fused-ring (bicyclic) bond motifs is 3. The van der Waals surface area contributed by atoms with Crippen molar-refractivity contribution < 1.29 is 26.3 Å². The van der Waals surface area contributed by atoms with Gasteiger partial charge in [0, 0.05) is 12.1 Å². The van der Waals surface area contributed by atoms with E-state index in [0.29, 0.717) is 17.0 Å². The molecule has 0 amide bonds. The normalized spacial score (nSPS) is 23.5. The summed E-state index contributed by atoms with van der Waals surface area (Å²) in [4.78, 5) is 4.05. The van der Waals surface area contributed by atoms with Crippen molar-refractivity contribution in [1.29, 1.82) is 0 Å². The number of aromatic amines is 1. The maximum atomic E-state index is 13.0. The molecule has 0 aliphatic carbocycles. The predicted molar refractivity (Wildman–Crippen MR) is 83.6 cm³/mol. The summed E-state index contributed by atoms with van der Waals surface area (Å²) in [6.07, 6.45) is -4.55. The first-order valence-corrected chi connectivity index (χ1v) is 9.07. The van der Waals surface area contributed by atoms with Crippen LogP contribution in [0, 0.1) is 0 Å². The van der Waals surface area contributed by atoms with Gasteiger partial charge in [-0.15, -0.1) is 0 Å². The Labute approximate surface area is 146 Å². The number of benzene rings is 1. The smallest absolute Gasteiger partial charge is 0.332 e. The SMILES string of the molecule is CC1N=C2c3[nH]ncc3CN(S(=O)(=O)c3ccc(C(F)(F)F)cc3)C2O1. The molecule has 2 aliphatic heterocycles. The second-order valence-corrected chi connectivity index (χ2v) is 7.84. The summed E-state index contributed by atoms with van der Waals surface area (Å²) in [7, 11) is -4.10. The number of rotatable bonds is 2. The van der Waals surface area contributed by atoms with E-state index in [4.69, 9.17) is 4.74 Å². The van der Waals surface area contributed by atoms with E-state index in [2.05, 4.69) is 15.2 Å².